The molecule has 1 amide bonds. The summed E-state index contributed by atoms with van der Waals surface area (Å²) in [4.78, 5) is 18.8. The Morgan fingerprint density at radius 1 is 1.14 bits per heavy atom. The topological polar surface area (TPSA) is 68.8 Å². The van der Waals surface area contributed by atoms with Crippen LogP contribution in [-0.4, -0.2) is 61.6 Å². The molecule has 0 bridgehead atoms. The molecule has 1 aliphatic heterocycles. The number of amides is 1. The van der Waals surface area contributed by atoms with Gasteiger partial charge < -0.3 is 16.0 Å². The van der Waals surface area contributed by atoms with Crippen LogP contribution in [0.2, 0.25) is 0 Å². The van der Waals surface area contributed by atoms with Gasteiger partial charge in [0.15, 0.2) is 5.96 Å². The smallest absolute Gasteiger partial charge is 0.234 e. The van der Waals surface area contributed by atoms with E-state index in [0.29, 0.717) is 24.5 Å². The van der Waals surface area contributed by atoms with Crippen molar-refractivity contribution in [3.8, 4) is 0 Å². The molecule has 0 spiro atoms. The predicted octanol–water partition coefficient (Wildman–Crippen LogP) is 2.71. The molecule has 1 saturated carbocycles. The Labute approximate surface area is 192 Å². The highest BCUT2D eigenvalue weighted by Gasteiger charge is 2.39. The second kappa shape index (κ2) is 12.4. The van der Waals surface area contributed by atoms with Gasteiger partial charge >= 0.3 is 0 Å². The van der Waals surface area contributed by atoms with E-state index in [1.807, 2.05) is 0 Å². The molecule has 6 nitrogen and oxygen atoms in total. The van der Waals surface area contributed by atoms with Gasteiger partial charge in [-0.1, -0.05) is 37.3 Å². The van der Waals surface area contributed by atoms with Crippen molar-refractivity contribution >= 4 is 35.8 Å². The summed E-state index contributed by atoms with van der Waals surface area (Å²) in [7, 11) is 0. The number of guanidine groups is 1. The van der Waals surface area contributed by atoms with Crippen molar-refractivity contribution in [3.63, 3.8) is 0 Å². The van der Waals surface area contributed by atoms with E-state index < -0.39 is 0 Å². The third kappa shape index (κ3) is 7.77. The molecule has 0 aromatic heterocycles. The number of nitrogens with zero attached hydrogens (tertiary/aromatic N) is 2. The molecule has 2 atom stereocenters. The molecule has 3 rings (SSSR count). The van der Waals surface area contributed by atoms with E-state index in [9.17, 15) is 4.79 Å². The number of nitrogens with one attached hydrogen (secondary N) is 3. The van der Waals surface area contributed by atoms with Crippen LogP contribution in [0.5, 0.6) is 0 Å². The lowest BCUT2D eigenvalue weighted by Gasteiger charge is -2.32. The van der Waals surface area contributed by atoms with Gasteiger partial charge in [-0.2, -0.15) is 0 Å². The molecule has 1 aliphatic carbocycles. The number of carbonyl (C=O) groups excluding carboxylic acids is 1. The molecule has 2 fully saturated rings. The Kier molecular flexibility index (Phi) is 10.2. The molecule has 2 aliphatic rings. The zero-order chi connectivity index (χ0) is 19.8. The summed E-state index contributed by atoms with van der Waals surface area (Å²) in [6.45, 7) is 8.10. The third-order valence-corrected chi connectivity index (χ3v) is 5.52. The van der Waals surface area contributed by atoms with Crippen LogP contribution in [-0.2, 0) is 4.79 Å². The fourth-order valence-corrected chi connectivity index (χ4v) is 3.84. The van der Waals surface area contributed by atoms with Gasteiger partial charge in [-0.25, -0.2) is 0 Å². The number of piperidine rings is 1. The van der Waals surface area contributed by atoms with E-state index >= 15 is 0 Å². The zero-order valence-electron chi connectivity index (χ0n) is 17.7. The predicted molar refractivity (Wildman–Crippen MR) is 130 cm³/mol. The Morgan fingerprint density at radius 2 is 1.86 bits per heavy atom. The summed E-state index contributed by atoms with van der Waals surface area (Å²) in [6, 6.07) is 11.6. The first-order valence-corrected chi connectivity index (χ1v) is 10.8. The Hall–Kier alpha value is -1.35. The summed E-state index contributed by atoms with van der Waals surface area (Å²) >= 11 is 0. The van der Waals surface area contributed by atoms with E-state index in [2.05, 4.69) is 70.0 Å². The van der Waals surface area contributed by atoms with Gasteiger partial charge in [-0.3, -0.25) is 14.7 Å². The minimum Gasteiger partial charge on any atom is -0.355 e. The van der Waals surface area contributed by atoms with Crippen molar-refractivity contribution in [2.24, 2.45) is 4.99 Å². The van der Waals surface area contributed by atoms with Gasteiger partial charge in [0.25, 0.3) is 0 Å². The summed E-state index contributed by atoms with van der Waals surface area (Å²) < 4.78 is 0. The normalized spacial score (nSPS) is 22.5. The van der Waals surface area contributed by atoms with Crippen LogP contribution < -0.4 is 16.0 Å². The fraction of sp³-hybridized carbons (Fsp3) is 0.636. The summed E-state index contributed by atoms with van der Waals surface area (Å²) in [5, 5.41) is 10.2. The van der Waals surface area contributed by atoms with Crippen LogP contribution in [0.25, 0.3) is 0 Å². The lowest BCUT2D eigenvalue weighted by molar-refractivity contribution is -0.122. The van der Waals surface area contributed by atoms with Gasteiger partial charge in [0, 0.05) is 44.2 Å². The summed E-state index contributed by atoms with van der Waals surface area (Å²) in [5.74, 6) is 1.67. The maximum atomic E-state index is 11.9. The number of rotatable bonds is 8. The Bertz CT molecular complexity index is 646. The van der Waals surface area contributed by atoms with Crippen molar-refractivity contribution in [1.29, 1.82) is 0 Å². The minimum absolute atomic E-state index is 0. The largest absolute Gasteiger partial charge is 0.355 e. The molecule has 162 valence electrons. The van der Waals surface area contributed by atoms with Gasteiger partial charge in [0.1, 0.15) is 0 Å². The van der Waals surface area contributed by atoms with Crippen LogP contribution in [0.15, 0.2) is 35.3 Å². The zero-order valence-corrected chi connectivity index (χ0v) is 20.0. The maximum Gasteiger partial charge on any atom is 0.234 e. The standard InChI is InChI=1S/C22H35N5O.HI/c1-3-12-24-21(28)16-27-13-10-18(11-14-27)25-22(23-4-2)26-20-15-19(20)17-8-6-5-7-9-17;/h5-9,18-20H,3-4,10-16H2,1-2H3,(H,24,28)(H2,23,25,26);1H. The average Bonchev–Trinajstić information content (AvgIpc) is 3.48. The highest BCUT2D eigenvalue weighted by Crippen LogP contribution is 2.40. The second-order valence-corrected chi connectivity index (χ2v) is 7.87. The molecular weight excluding hydrogens is 477 g/mol. The second-order valence-electron chi connectivity index (χ2n) is 7.87. The SMILES string of the molecule is CCCNC(=O)CN1CCC(NC(=NCC)NC2CC2c2ccccc2)CC1.I. The van der Waals surface area contributed by atoms with Gasteiger partial charge in [-0.05, 0) is 38.2 Å². The van der Waals surface area contributed by atoms with Crippen LogP contribution in [0.3, 0.4) is 0 Å². The number of halogens is 1. The highest BCUT2D eigenvalue weighted by molar-refractivity contribution is 14.0. The summed E-state index contributed by atoms with van der Waals surface area (Å²) in [5.41, 5.74) is 1.41. The Morgan fingerprint density at radius 3 is 2.52 bits per heavy atom. The quantitative estimate of drug-likeness (QED) is 0.284. The van der Waals surface area contributed by atoms with Crippen LogP contribution >= 0.6 is 24.0 Å². The number of aliphatic imine (C=N–C) groups is 1. The van der Waals surface area contributed by atoms with Gasteiger partial charge in [0.2, 0.25) is 5.91 Å². The molecule has 2 unspecified atom stereocenters. The molecule has 29 heavy (non-hydrogen) atoms. The van der Waals surface area contributed by atoms with Crippen LogP contribution in [0.1, 0.15) is 51.0 Å². The van der Waals surface area contributed by atoms with E-state index in [1.165, 1.54) is 12.0 Å². The molecule has 1 aromatic rings. The molecular formula is C22H36IN5O. The van der Waals surface area contributed by atoms with E-state index in [1.54, 1.807) is 0 Å². The maximum absolute atomic E-state index is 11.9. The van der Waals surface area contributed by atoms with Crippen molar-refractivity contribution < 1.29 is 4.79 Å². The van der Waals surface area contributed by atoms with Crippen LogP contribution in [0, 0.1) is 0 Å². The van der Waals surface area contributed by atoms with Gasteiger partial charge in [0.05, 0.1) is 6.54 Å². The first kappa shape index (κ1) is 23.9. The van der Waals surface area contributed by atoms with E-state index in [4.69, 9.17) is 0 Å². The molecule has 7 heteroatoms. The number of carbonyl (C=O) groups is 1. The van der Waals surface area contributed by atoms with E-state index in [-0.39, 0.29) is 29.9 Å². The van der Waals surface area contributed by atoms with Crippen molar-refractivity contribution in [1.82, 2.24) is 20.9 Å². The molecule has 0 radical (unpaired) electrons. The highest BCUT2D eigenvalue weighted by atomic mass is 127. The monoisotopic (exact) mass is 513 g/mol. The molecule has 3 N–H and O–H groups in total. The number of benzene rings is 1. The van der Waals surface area contributed by atoms with Crippen LogP contribution in [0.4, 0.5) is 0 Å². The first-order valence-electron chi connectivity index (χ1n) is 10.8. The lowest BCUT2D eigenvalue weighted by Crippen LogP contribution is -2.50. The van der Waals surface area contributed by atoms with Crippen molar-refractivity contribution in [2.75, 3.05) is 32.7 Å². The van der Waals surface area contributed by atoms with Crippen molar-refractivity contribution in [3.05, 3.63) is 35.9 Å². The number of hydrogen-bond acceptors (Lipinski definition) is 3. The number of likely N-dealkylation sites (tertiary alicyclic amines) is 1. The average molecular weight is 513 g/mol. The summed E-state index contributed by atoms with van der Waals surface area (Å²) in [6.07, 6.45) is 4.23. The minimum atomic E-state index is 0. The molecule has 1 saturated heterocycles. The molecule has 1 aromatic carbocycles. The fourth-order valence-electron chi connectivity index (χ4n) is 3.84. The third-order valence-electron chi connectivity index (χ3n) is 5.52. The van der Waals surface area contributed by atoms with Gasteiger partial charge in [-0.15, -0.1) is 24.0 Å². The number of hydrogen-bond donors (Lipinski definition) is 3. The van der Waals surface area contributed by atoms with E-state index in [0.717, 1.165) is 51.4 Å². The first-order chi connectivity index (χ1) is 13.7. The van der Waals surface area contributed by atoms with Crippen molar-refractivity contribution in [2.45, 2.75) is 57.5 Å². The molecule has 1 heterocycles. The Balaban J connectivity index is 0.00000300. The lowest BCUT2D eigenvalue weighted by atomic mass is 10.1.